The fourth-order valence-electron chi connectivity index (χ4n) is 2.34. The van der Waals surface area contributed by atoms with Crippen LogP contribution in [0.25, 0.3) is 0 Å². The van der Waals surface area contributed by atoms with Crippen molar-refractivity contribution in [2.45, 2.75) is 66.0 Å². The maximum atomic E-state index is 11.7. The highest BCUT2D eigenvalue weighted by Crippen LogP contribution is 2.06. The second kappa shape index (κ2) is 16.3. The third kappa shape index (κ3) is 18.3. The van der Waals surface area contributed by atoms with Crippen LogP contribution in [0, 0.1) is 5.92 Å². The highest BCUT2D eigenvalue weighted by molar-refractivity contribution is 14.0. The van der Waals surface area contributed by atoms with Crippen LogP contribution in [0.4, 0.5) is 9.59 Å². The summed E-state index contributed by atoms with van der Waals surface area (Å²) in [6, 6.07) is -0.0635. The highest BCUT2D eigenvalue weighted by atomic mass is 127. The van der Waals surface area contributed by atoms with E-state index in [1.807, 2.05) is 20.8 Å². The normalized spacial score (nSPS) is 12.5. The summed E-state index contributed by atoms with van der Waals surface area (Å²) in [6.45, 7) is 13.5. The van der Waals surface area contributed by atoms with E-state index in [4.69, 9.17) is 9.47 Å². The molecule has 0 spiro atoms. The van der Waals surface area contributed by atoms with E-state index in [0.29, 0.717) is 38.1 Å². The number of carbonyl (C=O) groups excluding carboxylic acids is 2. The molecule has 0 aromatic heterocycles. The third-order valence-corrected chi connectivity index (χ3v) is 3.41. The van der Waals surface area contributed by atoms with Crippen molar-refractivity contribution in [2.75, 3.05) is 33.3 Å². The number of guanidine groups is 1. The van der Waals surface area contributed by atoms with Crippen LogP contribution >= 0.6 is 24.0 Å². The van der Waals surface area contributed by atoms with Crippen LogP contribution in [-0.2, 0) is 9.47 Å². The molecule has 2 amide bonds. The maximum absolute atomic E-state index is 11.7. The van der Waals surface area contributed by atoms with Gasteiger partial charge in [-0.25, -0.2) is 9.59 Å². The molecule has 4 N–H and O–H groups in total. The van der Waals surface area contributed by atoms with Crippen molar-refractivity contribution in [2.24, 2.45) is 10.9 Å². The molecule has 0 aromatic carbocycles. The average molecular weight is 529 g/mol. The number of amides is 2. The molecule has 0 bridgehead atoms. The van der Waals surface area contributed by atoms with E-state index < -0.39 is 17.8 Å². The van der Waals surface area contributed by atoms with Gasteiger partial charge in [-0.2, -0.15) is 0 Å². The number of halogens is 1. The van der Waals surface area contributed by atoms with Gasteiger partial charge in [-0.15, -0.1) is 24.0 Å². The molecule has 0 aliphatic rings. The lowest BCUT2D eigenvalue weighted by atomic mass is 10.0. The van der Waals surface area contributed by atoms with Crippen molar-refractivity contribution in [3.63, 3.8) is 0 Å². The van der Waals surface area contributed by atoms with Gasteiger partial charge in [-0.05, 0) is 46.5 Å². The Balaban J connectivity index is 0. The van der Waals surface area contributed by atoms with E-state index >= 15 is 0 Å². The Bertz CT molecular complexity index is 495. The predicted molar refractivity (Wildman–Crippen MR) is 127 cm³/mol. The number of aliphatic imine (C=N–C) groups is 1. The molecule has 172 valence electrons. The van der Waals surface area contributed by atoms with Crippen molar-refractivity contribution in [1.82, 2.24) is 21.3 Å². The van der Waals surface area contributed by atoms with Crippen molar-refractivity contribution in [3.8, 4) is 0 Å². The first-order valence-electron chi connectivity index (χ1n) is 9.92. The van der Waals surface area contributed by atoms with Gasteiger partial charge in [0.25, 0.3) is 0 Å². The molecular formula is C19H40IN5O4. The minimum Gasteiger partial charge on any atom is -0.450 e. The molecule has 0 aromatic rings. The van der Waals surface area contributed by atoms with Crippen LogP contribution in [0.5, 0.6) is 0 Å². The minimum atomic E-state index is -0.502. The smallest absolute Gasteiger partial charge is 0.407 e. The molecule has 0 radical (unpaired) electrons. The molecule has 0 heterocycles. The minimum absolute atomic E-state index is 0. The zero-order valence-electron chi connectivity index (χ0n) is 18.9. The lowest BCUT2D eigenvalue weighted by molar-refractivity contribution is 0.0527. The molecule has 1 atom stereocenters. The van der Waals surface area contributed by atoms with E-state index in [9.17, 15) is 9.59 Å². The molecule has 1 unspecified atom stereocenters. The molecule has 0 aliphatic carbocycles. The van der Waals surface area contributed by atoms with Gasteiger partial charge in [-0.3, -0.25) is 4.99 Å². The summed E-state index contributed by atoms with van der Waals surface area (Å²) in [5, 5.41) is 12.0. The fraction of sp³-hybridized carbons (Fsp3) is 0.842. The second-order valence-corrected chi connectivity index (χ2v) is 7.85. The van der Waals surface area contributed by atoms with Gasteiger partial charge in [-0.1, -0.05) is 13.8 Å². The standard InChI is InChI=1S/C19H39N5O4.HI/c1-8-27-18(26)24-15(12-14(2)3)13-23-16(20-7)21-10-9-11-22-17(25)28-19(4,5)6;/h14-15H,8-13H2,1-7H3,(H,22,25)(H,24,26)(H2,20,21,23);1H. The number of rotatable bonds is 10. The second-order valence-electron chi connectivity index (χ2n) is 7.85. The zero-order valence-corrected chi connectivity index (χ0v) is 21.2. The molecule has 0 saturated carbocycles. The van der Waals surface area contributed by atoms with Gasteiger partial charge < -0.3 is 30.7 Å². The van der Waals surface area contributed by atoms with Crippen molar-refractivity contribution in [1.29, 1.82) is 0 Å². The van der Waals surface area contributed by atoms with Crippen LogP contribution in [-0.4, -0.2) is 63.1 Å². The molecule has 0 saturated heterocycles. The number of hydrogen-bond donors (Lipinski definition) is 4. The Morgan fingerprint density at radius 2 is 1.66 bits per heavy atom. The van der Waals surface area contributed by atoms with Crippen molar-refractivity contribution < 1.29 is 19.1 Å². The Morgan fingerprint density at radius 3 is 2.17 bits per heavy atom. The van der Waals surface area contributed by atoms with Crippen LogP contribution in [0.2, 0.25) is 0 Å². The molecule has 29 heavy (non-hydrogen) atoms. The number of nitrogens with one attached hydrogen (secondary N) is 4. The molecule has 0 aliphatic heterocycles. The van der Waals surface area contributed by atoms with E-state index in [1.54, 1.807) is 14.0 Å². The number of alkyl carbamates (subject to hydrolysis) is 2. The van der Waals surface area contributed by atoms with Crippen molar-refractivity contribution in [3.05, 3.63) is 0 Å². The highest BCUT2D eigenvalue weighted by Gasteiger charge is 2.16. The van der Waals surface area contributed by atoms with Gasteiger partial charge in [0.1, 0.15) is 5.60 Å². The van der Waals surface area contributed by atoms with Gasteiger partial charge in [0.2, 0.25) is 0 Å². The summed E-state index contributed by atoms with van der Waals surface area (Å²) in [5.74, 6) is 1.07. The first kappa shape index (κ1) is 29.7. The average Bonchev–Trinajstić information content (AvgIpc) is 2.55. The maximum Gasteiger partial charge on any atom is 0.407 e. The fourth-order valence-corrected chi connectivity index (χ4v) is 2.34. The summed E-state index contributed by atoms with van der Waals surface area (Å²) < 4.78 is 10.1. The largest absolute Gasteiger partial charge is 0.450 e. The lowest BCUT2D eigenvalue weighted by Gasteiger charge is -2.22. The zero-order chi connectivity index (χ0) is 21.6. The first-order chi connectivity index (χ1) is 13.1. The number of hydrogen-bond acceptors (Lipinski definition) is 5. The van der Waals surface area contributed by atoms with Gasteiger partial charge in [0.15, 0.2) is 5.96 Å². The van der Waals surface area contributed by atoms with Crippen LogP contribution in [0.15, 0.2) is 4.99 Å². The Hall–Kier alpha value is -1.46. The van der Waals surface area contributed by atoms with Gasteiger partial charge in [0.05, 0.1) is 6.61 Å². The predicted octanol–water partition coefficient (Wildman–Crippen LogP) is 2.85. The molecule has 9 nitrogen and oxygen atoms in total. The topological polar surface area (TPSA) is 113 Å². The molecular weight excluding hydrogens is 489 g/mol. The van der Waals surface area contributed by atoms with E-state index in [0.717, 1.165) is 12.8 Å². The summed E-state index contributed by atoms with van der Waals surface area (Å²) >= 11 is 0. The van der Waals surface area contributed by atoms with Gasteiger partial charge in [0, 0.05) is 32.7 Å². The first-order valence-corrected chi connectivity index (χ1v) is 9.92. The quantitative estimate of drug-likeness (QED) is 0.150. The van der Waals surface area contributed by atoms with Gasteiger partial charge >= 0.3 is 12.2 Å². The van der Waals surface area contributed by atoms with E-state index in [-0.39, 0.29) is 30.0 Å². The molecule has 10 heteroatoms. The van der Waals surface area contributed by atoms with Crippen LogP contribution in [0.3, 0.4) is 0 Å². The summed E-state index contributed by atoms with van der Waals surface area (Å²) in [6.07, 6.45) is 0.710. The Morgan fingerprint density at radius 1 is 1.03 bits per heavy atom. The SMILES string of the molecule is CCOC(=O)NC(CNC(=NC)NCCCNC(=O)OC(C)(C)C)CC(C)C.I. The molecule has 0 rings (SSSR count). The Kier molecular flexibility index (Phi) is 16.8. The number of carbonyl (C=O) groups is 2. The monoisotopic (exact) mass is 529 g/mol. The summed E-state index contributed by atoms with van der Waals surface area (Å²) in [5.41, 5.74) is -0.502. The molecule has 0 fully saturated rings. The lowest BCUT2D eigenvalue weighted by Crippen LogP contribution is -2.48. The number of nitrogens with zero attached hydrogens (tertiary/aromatic N) is 1. The number of ether oxygens (including phenoxy) is 2. The third-order valence-electron chi connectivity index (χ3n) is 3.41. The van der Waals surface area contributed by atoms with E-state index in [2.05, 4.69) is 40.1 Å². The van der Waals surface area contributed by atoms with Crippen LogP contribution < -0.4 is 21.3 Å². The van der Waals surface area contributed by atoms with Crippen molar-refractivity contribution >= 4 is 42.1 Å². The summed E-state index contributed by atoms with van der Waals surface area (Å²) in [7, 11) is 1.69. The van der Waals surface area contributed by atoms with Crippen LogP contribution in [0.1, 0.15) is 54.4 Å². The van der Waals surface area contributed by atoms with E-state index in [1.165, 1.54) is 0 Å². The Labute approximate surface area is 192 Å². The summed E-state index contributed by atoms with van der Waals surface area (Å²) in [4.78, 5) is 27.4.